The summed E-state index contributed by atoms with van der Waals surface area (Å²) in [4.78, 5) is 28.0. The number of anilines is 8. The fourth-order valence-corrected chi connectivity index (χ4v) is 11.2. The molecule has 8 bridgehead atoms. The Morgan fingerprint density at radius 3 is 1.01 bits per heavy atom. The highest BCUT2D eigenvalue weighted by Gasteiger charge is 2.25. The number of para-hydroxylation sites is 2. The van der Waals surface area contributed by atoms with Crippen LogP contribution in [0, 0.1) is 0 Å². The summed E-state index contributed by atoms with van der Waals surface area (Å²) in [6.45, 7) is 14.7. The number of nitrogens with one attached hydrogen (secondary N) is 4. The van der Waals surface area contributed by atoms with Crippen LogP contribution in [0.5, 0.6) is 23.0 Å². The highest BCUT2D eigenvalue weighted by atomic mass is 16.5. The van der Waals surface area contributed by atoms with Crippen molar-refractivity contribution in [2.75, 3.05) is 59.2 Å². The van der Waals surface area contributed by atoms with Gasteiger partial charge in [-0.25, -0.2) is 0 Å². The van der Waals surface area contributed by atoms with Gasteiger partial charge in [-0.1, -0.05) is 137 Å². The molecule has 8 N–H and O–H groups in total. The number of hydrogen-bond donors (Lipinski definition) is 6. The van der Waals surface area contributed by atoms with Gasteiger partial charge in [-0.05, 0) is 131 Å². The van der Waals surface area contributed by atoms with Gasteiger partial charge < -0.3 is 51.7 Å². The van der Waals surface area contributed by atoms with Crippen LogP contribution in [0.25, 0.3) is 21.5 Å². The highest BCUT2D eigenvalue weighted by molar-refractivity contribution is 5.84. The number of aromatic nitrogens is 6. The minimum absolute atomic E-state index is 0.0839. The molecule has 0 fully saturated rings. The first-order valence-electron chi connectivity index (χ1n) is 30.1. The van der Waals surface area contributed by atoms with Crippen molar-refractivity contribution in [2.24, 2.45) is 0 Å². The quantitative estimate of drug-likeness (QED) is 0.0372. The third-order valence-electron chi connectivity index (χ3n) is 15.2. The topological polar surface area (TPSA) is 214 Å². The van der Waals surface area contributed by atoms with E-state index in [1.54, 1.807) is 0 Å². The number of nitrogens with two attached hydrogens (primary N) is 2. The molecule has 0 amide bonds. The molecule has 0 saturated heterocycles. The predicted molar refractivity (Wildman–Crippen MR) is 347 cm³/mol. The lowest BCUT2D eigenvalue weighted by Gasteiger charge is -2.24. The molecule has 1 aliphatic rings. The smallest absolute Gasteiger partial charge is 0.233 e. The summed E-state index contributed by atoms with van der Waals surface area (Å²) in [6, 6.07) is 50.6. The van der Waals surface area contributed by atoms with Gasteiger partial charge in [0.1, 0.15) is 23.0 Å². The molecule has 86 heavy (non-hydrogen) atoms. The molecule has 2 aromatic heterocycles. The Labute approximate surface area is 503 Å². The van der Waals surface area contributed by atoms with E-state index in [1.807, 2.05) is 24.3 Å². The average Bonchev–Trinajstić information content (AvgIpc) is 2.20. The van der Waals surface area contributed by atoms with Crippen molar-refractivity contribution in [3.8, 4) is 23.0 Å². The van der Waals surface area contributed by atoms with Crippen LogP contribution in [0.3, 0.4) is 0 Å². The van der Waals surface area contributed by atoms with Gasteiger partial charge in [-0.2, -0.15) is 29.9 Å². The second kappa shape index (κ2) is 26.9. The lowest BCUT2D eigenvalue weighted by atomic mass is 9.90. The molecule has 0 radical (unpaired) electrons. The largest absolute Gasteiger partial charge is 0.493 e. The van der Waals surface area contributed by atoms with E-state index in [0.717, 1.165) is 126 Å². The van der Waals surface area contributed by atoms with Crippen LogP contribution in [0.2, 0.25) is 0 Å². The number of nitrogens with zero attached hydrogens (tertiary/aromatic N) is 6. The van der Waals surface area contributed by atoms with E-state index in [2.05, 4.69) is 204 Å². The Kier molecular flexibility index (Phi) is 18.2. The van der Waals surface area contributed by atoms with E-state index >= 15 is 0 Å². The Bertz CT molecular complexity index is 3680. The zero-order valence-corrected chi connectivity index (χ0v) is 50.0. The van der Waals surface area contributed by atoms with Gasteiger partial charge in [0.15, 0.2) is 0 Å². The van der Waals surface area contributed by atoms with Crippen LogP contribution >= 0.6 is 0 Å². The van der Waals surface area contributed by atoms with Crippen molar-refractivity contribution in [3.05, 3.63) is 201 Å². The van der Waals surface area contributed by atoms with Gasteiger partial charge >= 0.3 is 0 Å². The first kappa shape index (κ1) is 58.1. The van der Waals surface area contributed by atoms with E-state index in [-0.39, 0.29) is 24.0 Å². The zero-order chi connectivity index (χ0) is 59.5. The molecule has 0 aliphatic heterocycles. The third-order valence-corrected chi connectivity index (χ3v) is 15.2. The molecule has 1 aliphatic carbocycles. The van der Waals surface area contributed by atoms with Crippen LogP contribution < -0.4 is 51.7 Å². The minimum atomic E-state index is -0.130. The molecule has 440 valence electrons. The summed E-state index contributed by atoms with van der Waals surface area (Å²) in [7, 11) is 0. The van der Waals surface area contributed by atoms with Gasteiger partial charge in [-0.15, -0.1) is 0 Å². The van der Waals surface area contributed by atoms with E-state index < -0.39 is 0 Å². The monoisotopic (exact) mass is 1150 g/mol. The summed E-state index contributed by atoms with van der Waals surface area (Å²) in [6.07, 6.45) is 5.18. The van der Waals surface area contributed by atoms with E-state index in [0.29, 0.717) is 75.9 Å². The van der Waals surface area contributed by atoms with Crippen LogP contribution in [0.1, 0.15) is 135 Å². The summed E-state index contributed by atoms with van der Waals surface area (Å²) in [5.41, 5.74) is 24.5. The molecule has 10 aromatic rings. The second-order valence-electron chi connectivity index (χ2n) is 22.0. The molecule has 16 heteroatoms. The van der Waals surface area contributed by atoms with Crippen molar-refractivity contribution >= 4 is 68.6 Å². The van der Waals surface area contributed by atoms with Crippen molar-refractivity contribution in [3.63, 3.8) is 0 Å². The SMILES string of the molecule is CCCOc1c2cccc1Cc1cc(Nc3nc(N)nc(N[C@H](C)c4ccc5ccccc5c4)n3)cc(c1OCCC)Cc1cccc(c1OCCC)Cc1cc(Nc3nc(N)nc(N[C@H](C)c4ccc5ccccc5c4)n3)cc(c1OCCC)C2. The number of nitrogen functional groups attached to an aromatic ring is 2. The molecular formula is C70H76N12O4. The van der Waals surface area contributed by atoms with Gasteiger partial charge in [0.05, 0.1) is 38.5 Å². The number of rotatable bonds is 22. The molecule has 2 heterocycles. The molecule has 8 aromatic carbocycles. The molecular weight excluding hydrogens is 1070 g/mol. The lowest BCUT2D eigenvalue weighted by Crippen LogP contribution is -2.13. The van der Waals surface area contributed by atoms with Crippen LogP contribution in [0.4, 0.5) is 47.1 Å². The van der Waals surface area contributed by atoms with Crippen LogP contribution in [-0.4, -0.2) is 56.3 Å². The Morgan fingerprint density at radius 2 is 0.674 bits per heavy atom. The number of ether oxygens (including phenoxy) is 4. The van der Waals surface area contributed by atoms with Gasteiger partial charge in [0, 0.05) is 59.3 Å². The predicted octanol–water partition coefficient (Wildman–Crippen LogP) is 15.2. The maximum absolute atomic E-state index is 6.89. The van der Waals surface area contributed by atoms with E-state index in [4.69, 9.17) is 40.4 Å². The summed E-state index contributed by atoms with van der Waals surface area (Å²) >= 11 is 0. The van der Waals surface area contributed by atoms with Gasteiger partial charge in [0.25, 0.3) is 0 Å². The van der Waals surface area contributed by atoms with Gasteiger partial charge in [0.2, 0.25) is 35.7 Å². The second-order valence-corrected chi connectivity index (χ2v) is 22.0. The summed E-state index contributed by atoms with van der Waals surface area (Å²) in [5, 5.41) is 18.7. The standard InChI is InChI=1S/C70H76N12O4/c1-7-29-83-61-51-21-15-22-52(61)36-56-40-60(76-70-80-66(72)78-68(82-70)74-44(6)48-28-26-46-18-12-14-20-50(46)34-48)42-58(64(56)86-32-10-4)38-54-24-16-23-53(62(54)84-30-8-2)37-57-41-59(39-55(35-51)63(57)85-31-9-3)75-69-79-65(71)77-67(81-69)73-43(5)47-27-25-45-17-11-13-19-49(45)33-47/h11-28,33-34,39-44H,7-10,29-32,35-38H2,1-6H3,(H4,71,73,75,77,79,81)(H4,72,74,76,78,80,82)/t43-,44-/m1/s1. The van der Waals surface area contributed by atoms with Gasteiger partial charge in [-0.3, -0.25) is 0 Å². The lowest BCUT2D eigenvalue weighted by molar-refractivity contribution is 0.304. The maximum Gasteiger partial charge on any atom is 0.233 e. The normalized spacial score (nSPS) is 12.7. The van der Waals surface area contributed by atoms with Crippen molar-refractivity contribution < 1.29 is 18.9 Å². The molecule has 0 saturated carbocycles. The fourth-order valence-electron chi connectivity index (χ4n) is 11.2. The molecule has 11 rings (SSSR count). The molecule has 0 unspecified atom stereocenters. The maximum atomic E-state index is 6.89. The first-order chi connectivity index (χ1) is 42.0. The van der Waals surface area contributed by atoms with Crippen molar-refractivity contribution in [1.82, 2.24) is 29.9 Å². The molecule has 16 nitrogen and oxygen atoms in total. The summed E-state index contributed by atoms with van der Waals surface area (Å²) < 4.78 is 27.6. The molecule has 2 atom stereocenters. The van der Waals surface area contributed by atoms with Crippen molar-refractivity contribution in [1.29, 1.82) is 0 Å². The number of fused-ring (bicyclic) bond motifs is 10. The Hall–Kier alpha value is -9.70. The zero-order valence-electron chi connectivity index (χ0n) is 50.0. The number of benzene rings is 8. The van der Waals surface area contributed by atoms with Crippen molar-refractivity contribution in [2.45, 2.75) is 105 Å². The van der Waals surface area contributed by atoms with E-state index in [9.17, 15) is 0 Å². The van der Waals surface area contributed by atoms with Crippen LogP contribution in [0.15, 0.2) is 146 Å². The summed E-state index contributed by atoms with van der Waals surface area (Å²) in [5.74, 6) is 4.71. The first-order valence-corrected chi connectivity index (χ1v) is 30.1. The Morgan fingerprint density at radius 1 is 0.360 bits per heavy atom. The number of hydrogen-bond acceptors (Lipinski definition) is 16. The van der Waals surface area contributed by atoms with E-state index in [1.165, 1.54) is 10.8 Å². The van der Waals surface area contributed by atoms with Crippen LogP contribution in [-0.2, 0) is 25.7 Å². The minimum Gasteiger partial charge on any atom is -0.493 e. The average molecular weight is 1150 g/mol. The third kappa shape index (κ3) is 13.8. The fraction of sp³-hybridized carbons (Fsp3) is 0.286. The Balaban J connectivity index is 1.00. The highest BCUT2D eigenvalue weighted by Crippen LogP contribution is 2.42. The molecule has 0 spiro atoms.